The predicted octanol–water partition coefficient (Wildman–Crippen LogP) is 1.50. The summed E-state index contributed by atoms with van der Waals surface area (Å²) in [4.78, 5) is 2.13. The van der Waals surface area contributed by atoms with Crippen molar-refractivity contribution in [3.8, 4) is 6.07 Å². The van der Waals surface area contributed by atoms with Crippen LogP contribution < -0.4 is 11.1 Å². The van der Waals surface area contributed by atoms with Crippen LogP contribution in [0.5, 0.6) is 0 Å². The van der Waals surface area contributed by atoms with Gasteiger partial charge in [-0.2, -0.15) is 5.26 Å². The summed E-state index contributed by atoms with van der Waals surface area (Å²) >= 11 is 0. The van der Waals surface area contributed by atoms with Gasteiger partial charge in [0.15, 0.2) is 0 Å². The molecule has 0 saturated heterocycles. The fourth-order valence-corrected chi connectivity index (χ4v) is 1.43. The van der Waals surface area contributed by atoms with E-state index in [9.17, 15) is 0 Å². The summed E-state index contributed by atoms with van der Waals surface area (Å²) in [6.45, 7) is 1.89. The molecule has 0 aliphatic rings. The molecule has 4 heteroatoms. The highest BCUT2D eigenvalue weighted by atomic mass is 15.1. The van der Waals surface area contributed by atoms with Crippen molar-refractivity contribution < 1.29 is 0 Å². The first-order valence-electron chi connectivity index (χ1n) is 5.31. The van der Waals surface area contributed by atoms with Gasteiger partial charge in [-0.1, -0.05) is 0 Å². The minimum Gasteiger partial charge on any atom is -0.399 e. The van der Waals surface area contributed by atoms with Crippen molar-refractivity contribution in [1.82, 2.24) is 4.90 Å². The van der Waals surface area contributed by atoms with Gasteiger partial charge < -0.3 is 16.0 Å². The van der Waals surface area contributed by atoms with E-state index in [0.29, 0.717) is 11.3 Å². The van der Waals surface area contributed by atoms with Gasteiger partial charge in [-0.05, 0) is 45.3 Å². The maximum absolute atomic E-state index is 8.93. The Hall–Kier alpha value is -1.73. The van der Waals surface area contributed by atoms with Crippen LogP contribution in [0.4, 0.5) is 11.4 Å². The van der Waals surface area contributed by atoms with Crippen molar-refractivity contribution in [1.29, 1.82) is 5.26 Å². The third-order valence-corrected chi connectivity index (χ3v) is 2.26. The largest absolute Gasteiger partial charge is 0.399 e. The zero-order chi connectivity index (χ0) is 12.0. The van der Waals surface area contributed by atoms with E-state index in [1.54, 1.807) is 12.1 Å². The lowest BCUT2D eigenvalue weighted by molar-refractivity contribution is 0.405. The molecule has 4 nitrogen and oxygen atoms in total. The first-order valence-corrected chi connectivity index (χ1v) is 5.31. The highest BCUT2D eigenvalue weighted by Crippen LogP contribution is 2.17. The van der Waals surface area contributed by atoms with E-state index in [0.717, 1.165) is 25.2 Å². The number of hydrogen-bond acceptors (Lipinski definition) is 4. The topological polar surface area (TPSA) is 65.1 Å². The highest BCUT2D eigenvalue weighted by Gasteiger charge is 2.01. The summed E-state index contributed by atoms with van der Waals surface area (Å²) in [6.07, 6.45) is 1.04. The quantitative estimate of drug-likeness (QED) is 0.580. The Balaban J connectivity index is 2.51. The molecular weight excluding hydrogens is 200 g/mol. The molecule has 0 heterocycles. The number of anilines is 2. The summed E-state index contributed by atoms with van der Waals surface area (Å²) in [6, 6.07) is 7.47. The van der Waals surface area contributed by atoms with Crippen molar-refractivity contribution in [2.45, 2.75) is 6.42 Å². The van der Waals surface area contributed by atoms with Gasteiger partial charge in [0.05, 0.1) is 11.3 Å². The smallest absolute Gasteiger partial charge is 0.101 e. The van der Waals surface area contributed by atoms with Crippen molar-refractivity contribution in [3.05, 3.63) is 23.8 Å². The van der Waals surface area contributed by atoms with Gasteiger partial charge in [0.1, 0.15) is 6.07 Å². The van der Waals surface area contributed by atoms with Crippen LogP contribution in [0.3, 0.4) is 0 Å². The molecule has 0 spiro atoms. The Labute approximate surface area is 96.7 Å². The molecule has 0 amide bonds. The number of nitrogens with zero attached hydrogens (tertiary/aromatic N) is 2. The Bertz CT molecular complexity index is 379. The summed E-state index contributed by atoms with van der Waals surface area (Å²) < 4.78 is 0. The van der Waals surface area contributed by atoms with Crippen LogP contribution in [0.25, 0.3) is 0 Å². The standard InChI is InChI=1S/C12H18N4/c1-16(2)7-3-6-15-12-5-4-11(14)8-10(12)9-13/h4-5,8,15H,3,6-7,14H2,1-2H3. The maximum atomic E-state index is 8.93. The van der Waals surface area contributed by atoms with Gasteiger partial charge in [0.25, 0.3) is 0 Å². The van der Waals surface area contributed by atoms with Crippen LogP contribution >= 0.6 is 0 Å². The average Bonchev–Trinajstić information content (AvgIpc) is 2.25. The number of nitrogens with two attached hydrogens (primary N) is 1. The normalized spacial score (nSPS) is 10.1. The summed E-state index contributed by atoms with van der Waals surface area (Å²) in [5, 5.41) is 12.2. The Morgan fingerprint density at radius 3 is 2.81 bits per heavy atom. The first kappa shape index (κ1) is 12.3. The van der Waals surface area contributed by atoms with E-state index in [1.807, 2.05) is 20.2 Å². The van der Waals surface area contributed by atoms with Gasteiger partial charge in [-0.25, -0.2) is 0 Å². The van der Waals surface area contributed by atoms with Crippen molar-refractivity contribution in [3.63, 3.8) is 0 Å². The maximum Gasteiger partial charge on any atom is 0.101 e. The van der Waals surface area contributed by atoms with Gasteiger partial charge >= 0.3 is 0 Å². The van der Waals surface area contributed by atoms with Crippen molar-refractivity contribution in [2.75, 3.05) is 38.2 Å². The summed E-state index contributed by atoms with van der Waals surface area (Å²) in [5.41, 5.74) is 7.69. The molecule has 0 aliphatic heterocycles. The van der Waals surface area contributed by atoms with Crippen LogP contribution in [0.2, 0.25) is 0 Å². The molecule has 0 unspecified atom stereocenters. The van der Waals surface area contributed by atoms with Crippen molar-refractivity contribution >= 4 is 11.4 Å². The first-order chi connectivity index (χ1) is 7.63. The molecule has 0 aliphatic carbocycles. The molecular formula is C12H18N4. The zero-order valence-corrected chi connectivity index (χ0v) is 9.83. The Morgan fingerprint density at radius 2 is 2.19 bits per heavy atom. The van der Waals surface area contributed by atoms with E-state index in [2.05, 4.69) is 16.3 Å². The fraction of sp³-hybridized carbons (Fsp3) is 0.417. The molecule has 0 aromatic heterocycles. The van der Waals surface area contributed by atoms with Gasteiger partial charge in [-0.15, -0.1) is 0 Å². The minimum atomic E-state index is 0.602. The molecule has 1 aromatic rings. The number of benzene rings is 1. The lowest BCUT2D eigenvalue weighted by Gasteiger charge is -2.11. The highest BCUT2D eigenvalue weighted by molar-refractivity contribution is 5.62. The lowest BCUT2D eigenvalue weighted by Crippen LogP contribution is -2.16. The van der Waals surface area contributed by atoms with Crippen LogP contribution in [0, 0.1) is 11.3 Å². The molecule has 0 fully saturated rings. The molecule has 3 N–H and O–H groups in total. The molecule has 1 rings (SSSR count). The number of rotatable bonds is 5. The second-order valence-corrected chi connectivity index (χ2v) is 4.00. The van der Waals surface area contributed by atoms with E-state index in [4.69, 9.17) is 11.0 Å². The zero-order valence-electron chi connectivity index (χ0n) is 9.83. The van der Waals surface area contributed by atoms with Gasteiger partial charge in [0.2, 0.25) is 0 Å². The van der Waals surface area contributed by atoms with Crippen LogP contribution in [0.15, 0.2) is 18.2 Å². The van der Waals surface area contributed by atoms with E-state index >= 15 is 0 Å². The molecule has 0 radical (unpaired) electrons. The number of nitrogens with one attached hydrogen (secondary N) is 1. The van der Waals surface area contributed by atoms with E-state index in [1.165, 1.54) is 0 Å². The van der Waals surface area contributed by atoms with Crippen LogP contribution in [-0.2, 0) is 0 Å². The fourth-order valence-electron chi connectivity index (χ4n) is 1.43. The van der Waals surface area contributed by atoms with Crippen LogP contribution in [0.1, 0.15) is 12.0 Å². The second-order valence-electron chi connectivity index (χ2n) is 4.00. The monoisotopic (exact) mass is 218 g/mol. The Kier molecular flexibility index (Phi) is 4.62. The summed E-state index contributed by atoms with van der Waals surface area (Å²) in [7, 11) is 4.09. The third-order valence-electron chi connectivity index (χ3n) is 2.26. The lowest BCUT2D eigenvalue weighted by atomic mass is 10.1. The van der Waals surface area contributed by atoms with Gasteiger partial charge in [0, 0.05) is 12.2 Å². The summed E-state index contributed by atoms with van der Waals surface area (Å²) in [5.74, 6) is 0. The number of nitrogen functional groups attached to an aromatic ring is 1. The number of nitriles is 1. The predicted molar refractivity (Wildman–Crippen MR) is 67.2 cm³/mol. The molecule has 0 saturated carbocycles. The van der Waals surface area contributed by atoms with Crippen molar-refractivity contribution in [2.24, 2.45) is 0 Å². The second kappa shape index (κ2) is 5.99. The molecule has 0 bridgehead atoms. The molecule has 86 valence electrons. The SMILES string of the molecule is CN(C)CCCNc1ccc(N)cc1C#N. The van der Waals surface area contributed by atoms with E-state index < -0.39 is 0 Å². The molecule has 16 heavy (non-hydrogen) atoms. The third kappa shape index (κ3) is 3.79. The average molecular weight is 218 g/mol. The molecule has 1 aromatic carbocycles. The van der Waals surface area contributed by atoms with Crippen LogP contribution in [-0.4, -0.2) is 32.1 Å². The minimum absolute atomic E-state index is 0.602. The number of hydrogen-bond donors (Lipinski definition) is 2. The molecule has 0 atom stereocenters. The van der Waals surface area contributed by atoms with Gasteiger partial charge in [-0.3, -0.25) is 0 Å². The van der Waals surface area contributed by atoms with E-state index in [-0.39, 0.29) is 0 Å². The Morgan fingerprint density at radius 1 is 1.44 bits per heavy atom.